The summed E-state index contributed by atoms with van der Waals surface area (Å²) in [5.74, 6) is -4.04. The number of aromatic hydroxyl groups is 5. The lowest BCUT2D eigenvalue weighted by Crippen LogP contribution is -2.02. The molecule has 2 aromatic rings. The van der Waals surface area contributed by atoms with Crippen LogP contribution in [0.3, 0.4) is 0 Å². The Morgan fingerprint density at radius 1 is 0.750 bits per heavy atom. The topological polar surface area (TPSA) is 118 Å². The van der Waals surface area contributed by atoms with E-state index < -0.39 is 34.5 Å². The minimum atomic E-state index is -0.827. The highest BCUT2D eigenvalue weighted by Gasteiger charge is 2.22. The molecule has 0 fully saturated rings. The molecule has 0 spiro atoms. The second kappa shape index (κ2) is 4.65. The largest absolute Gasteiger partial charge is 0.504 e. The van der Waals surface area contributed by atoms with E-state index in [2.05, 4.69) is 0 Å². The van der Waals surface area contributed by atoms with Crippen LogP contribution in [0.4, 0.5) is 0 Å². The molecular weight excluding hydrogens is 264 g/mol. The summed E-state index contributed by atoms with van der Waals surface area (Å²) < 4.78 is 0. The van der Waals surface area contributed by atoms with Crippen LogP contribution in [0.15, 0.2) is 24.3 Å². The number of carbonyl (C=O) groups excluding carboxylic acids is 1. The number of aryl methyl sites for hydroxylation is 1. The van der Waals surface area contributed by atoms with Crippen LogP contribution >= 0.6 is 0 Å². The van der Waals surface area contributed by atoms with Crippen molar-refractivity contribution in [1.82, 2.24) is 0 Å². The van der Waals surface area contributed by atoms with E-state index in [1.807, 2.05) is 0 Å². The van der Waals surface area contributed by atoms with Crippen molar-refractivity contribution < 1.29 is 30.3 Å². The molecule has 0 heterocycles. The Morgan fingerprint density at radius 2 is 1.25 bits per heavy atom. The summed E-state index contributed by atoms with van der Waals surface area (Å²) in [6.07, 6.45) is 0. The molecule has 0 atom stereocenters. The summed E-state index contributed by atoms with van der Waals surface area (Å²) in [6, 6.07) is 4.85. The SMILES string of the molecule is Cc1ccc(C(=O)c2ccc(O)c(O)c2O)c(O)c1O. The van der Waals surface area contributed by atoms with Crippen LogP contribution in [0.25, 0.3) is 0 Å². The van der Waals surface area contributed by atoms with E-state index >= 15 is 0 Å². The first-order valence-electron chi connectivity index (χ1n) is 5.64. The molecule has 0 aliphatic heterocycles. The lowest BCUT2D eigenvalue weighted by Gasteiger charge is -2.10. The van der Waals surface area contributed by atoms with Gasteiger partial charge in [-0.05, 0) is 30.7 Å². The molecule has 0 amide bonds. The third kappa shape index (κ3) is 1.97. The molecule has 104 valence electrons. The molecular formula is C14H12O6. The molecule has 0 unspecified atom stereocenters. The number of phenolic OH excluding ortho intramolecular Hbond substituents is 5. The van der Waals surface area contributed by atoms with Crippen molar-refractivity contribution in [3.63, 3.8) is 0 Å². The predicted molar refractivity (Wildman–Crippen MR) is 69.4 cm³/mol. The Balaban J connectivity index is 2.58. The van der Waals surface area contributed by atoms with Gasteiger partial charge in [-0.3, -0.25) is 4.79 Å². The minimum absolute atomic E-state index is 0.228. The molecule has 2 rings (SSSR count). The lowest BCUT2D eigenvalue weighted by molar-refractivity contribution is 0.103. The van der Waals surface area contributed by atoms with Gasteiger partial charge in [0.2, 0.25) is 11.5 Å². The van der Waals surface area contributed by atoms with E-state index in [9.17, 15) is 30.3 Å². The van der Waals surface area contributed by atoms with E-state index in [0.29, 0.717) is 5.56 Å². The molecule has 2 aromatic carbocycles. The fourth-order valence-corrected chi connectivity index (χ4v) is 1.76. The number of phenols is 5. The Hall–Kier alpha value is -2.89. The van der Waals surface area contributed by atoms with E-state index in [4.69, 9.17) is 0 Å². The van der Waals surface area contributed by atoms with Crippen LogP contribution in [0.2, 0.25) is 0 Å². The van der Waals surface area contributed by atoms with Gasteiger partial charge in [-0.2, -0.15) is 0 Å². The third-order valence-corrected chi connectivity index (χ3v) is 2.97. The summed E-state index contributed by atoms with van der Waals surface area (Å²) in [5.41, 5.74) is -0.149. The Labute approximate surface area is 113 Å². The van der Waals surface area contributed by atoms with E-state index in [-0.39, 0.29) is 11.1 Å². The highest BCUT2D eigenvalue weighted by atomic mass is 16.3. The number of rotatable bonds is 2. The summed E-state index contributed by atoms with van der Waals surface area (Å²) in [5, 5.41) is 47.6. The summed E-state index contributed by atoms with van der Waals surface area (Å²) in [4.78, 5) is 12.2. The zero-order chi connectivity index (χ0) is 15.0. The first-order valence-corrected chi connectivity index (χ1v) is 5.64. The molecule has 0 aromatic heterocycles. The molecule has 20 heavy (non-hydrogen) atoms. The van der Waals surface area contributed by atoms with Gasteiger partial charge in [-0.25, -0.2) is 0 Å². The number of hydrogen-bond donors (Lipinski definition) is 5. The van der Waals surface area contributed by atoms with Gasteiger partial charge in [0.15, 0.2) is 23.0 Å². The molecule has 0 radical (unpaired) electrons. The zero-order valence-corrected chi connectivity index (χ0v) is 10.5. The van der Waals surface area contributed by atoms with E-state index in [0.717, 1.165) is 12.1 Å². The molecule has 5 N–H and O–H groups in total. The van der Waals surface area contributed by atoms with Gasteiger partial charge in [0.25, 0.3) is 0 Å². The molecule has 0 aliphatic rings. The molecule has 6 heteroatoms. The third-order valence-electron chi connectivity index (χ3n) is 2.97. The molecule has 0 aliphatic carbocycles. The standard InChI is InChI=1S/C14H12O6/c1-6-2-3-7(12(18)10(6)16)11(17)8-4-5-9(15)14(20)13(8)19/h2-5,15-16,18-20H,1H3. The minimum Gasteiger partial charge on any atom is -0.504 e. The van der Waals surface area contributed by atoms with Crippen LogP contribution in [-0.4, -0.2) is 31.3 Å². The summed E-state index contributed by atoms with van der Waals surface area (Å²) in [7, 11) is 0. The van der Waals surface area contributed by atoms with E-state index in [1.165, 1.54) is 12.1 Å². The first-order chi connectivity index (χ1) is 9.34. The summed E-state index contributed by atoms with van der Waals surface area (Å²) in [6.45, 7) is 1.55. The average molecular weight is 276 g/mol. The number of ketones is 1. The quantitative estimate of drug-likeness (QED) is 0.421. The van der Waals surface area contributed by atoms with E-state index in [1.54, 1.807) is 6.92 Å². The molecule has 0 saturated carbocycles. The first kappa shape index (κ1) is 13.5. The maximum absolute atomic E-state index is 12.2. The van der Waals surface area contributed by atoms with Crippen molar-refractivity contribution in [1.29, 1.82) is 0 Å². The number of carbonyl (C=O) groups is 1. The van der Waals surface area contributed by atoms with Crippen LogP contribution < -0.4 is 0 Å². The second-order valence-corrected chi connectivity index (χ2v) is 4.29. The number of benzene rings is 2. The van der Waals surface area contributed by atoms with Crippen molar-refractivity contribution in [2.75, 3.05) is 0 Å². The average Bonchev–Trinajstić information content (AvgIpc) is 2.42. The maximum atomic E-state index is 12.2. The van der Waals surface area contributed by atoms with Crippen molar-refractivity contribution in [2.24, 2.45) is 0 Å². The van der Waals surface area contributed by atoms with Gasteiger partial charge in [0, 0.05) is 0 Å². The van der Waals surface area contributed by atoms with Gasteiger partial charge in [-0.15, -0.1) is 0 Å². The summed E-state index contributed by atoms with van der Waals surface area (Å²) >= 11 is 0. The van der Waals surface area contributed by atoms with Crippen molar-refractivity contribution in [3.8, 4) is 28.7 Å². The molecule has 6 nitrogen and oxygen atoms in total. The van der Waals surface area contributed by atoms with Crippen LogP contribution in [0, 0.1) is 6.92 Å². The van der Waals surface area contributed by atoms with Crippen LogP contribution in [0.5, 0.6) is 28.7 Å². The smallest absolute Gasteiger partial charge is 0.201 e. The fraction of sp³-hybridized carbons (Fsp3) is 0.0714. The van der Waals surface area contributed by atoms with Gasteiger partial charge in [0.05, 0.1) is 11.1 Å². The highest BCUT2D eigenvalue weighted by Crippen LogP contribution is 2.40. The van der Waals surface area contributed by atoms with Gasteiger partial charge < -0.3 is 25.5 Å². The predicted octanol–water partition coefficient (Wildman–Crippen LogP) is 1.75. The van der Waals surface area contributed by atoms with Gasteiger partial charge >= 0.3 is 0 Å². The maximum Gasteiger partial charge on any atom is 0.201 e. The van der Waals surface area contributed by atoms with Crippen molar-refractivity contribution in [2.45, 2.75) is 6.92 Å². The fourth-order valence-electron chi connectivity index (χ4n) is 1.76. The molecule has 0 saturated heterocycles. The lowest BCUT2D eigenvalue weighted by atomic mass is 9.99. The van der Waals surface area contributed by atoms with Crippen LogP contribution in [0.1, 0.15) is 21.5 Å². The Bertz CT molecular complexity index is 646. The van der Waals surface area contributed by atoms with Crippen molar-refractivity contribution in [3.05, 3.63) is 41.0 Å². The monoisotopic (exact) mass is 276 g/mol. The zero-order valence-electron chi connectivity index (χ0n) is 10.5. The second-order valence-electron chi connectivity index (χ2n) is 4.29. The van der Waals surface area contributed by atoms with Crippen LogP contribution in [-0.2, 0) is 0 Å². The van der Waals surface area contributed by atoms with Crippen molar-refractivity contribution >= 4 is 5.78 Å². The normalized spacial score (nSPS) is 10.4. The molecule has 0 bridgehead atoms. The Kier molecular flexibility index (Phi) is 3.15. The highest BCUT2D eigenvalue weighted by molar-refractivity contribution is 6.13. The van der Waals surface area contributed by atoms with Gasteiger partial charge in [0.1, 0.15) is 0 Å². The number of hydrogen-bond acceptors (Lipinski definition) is 6. The van der Waals surface area contributed by atoms with Gasteiger partial charge in [-0.1, -0.05) is 6.07 Å². The Morgan fingerprint density at radius 3 is 1.85 bits per heavy atom.